The highest BCUT2D eigenvalue weighted by Gasteiger charge is 2.31. The minimum Gasteiger partial charge on any atom is -0.477 e. The molecule has 0 rings (SSSR count). The fourth-order valence-corrected chi connectivity index (χ4v) is 6.31. The fraction of sp³-hybridized carbons (Fsp3) is 0.841. The van der Waals surface area contributed by atoms with Crippen molar-refractivity contribution in [3.05, 3.63) is 24.3 Å². The zero-order valence-corrected chi connectivity index (χ0v) is 34.5. The molecule has 52 heavy (non-hydrogen) atoms. The molecule has 0 aromatic rings. The largest absolute Gasteiger partial charge is 0.477 e. The van der Waals surface area contributed by atoms with Crippen molar-refractivity contribution in [2.45, 2.75) is 199 Å². The Morgan fingerprint density at radius 1 is 0.596 bits per heavy atom. The van der Waals surface area contributed by atoms with E-state index in [4.69, 9.17) is 14.2 Å². The van der Waals surface area contributed by atoms with Crippen molar-refractivity contribution in [1.82, 2.24) is 0 Å². The van der Waals surface area contributed by atoms with Crippen LogP contribution < -0.4 is 0 Å². The van der Waals surface area contributed by atoms with E-state index in [9.17, 15) is 19.5 Å². The zero-order valence-electron chi connectivity index (χ0n) is 34.5. The Morgan fingerprint density at radius 2 is 1.08 bits per heavy atom. The Balaban J connectivity index is 4.16. The van der Waals surface area contributed by atoms with E-state index in [1.807, 2.05) is 21.1 Å². The van der Waals surface area contributed by atoms with Gasteiger partial charge in [0.2, 0.25) is 0 Å². The smallest absolute Gasteiger partial charge is 0.362 e. The summed E-state index contributed by atoms with van der Waals surface area (Å²) >= 11 is 0. The van der Waals surface area contributed by atoms with Gasteiger partial charge in [0.15, 0.2) is 12.1 Å². The molecule has 1 N–H and O–H groups in total. The first-order valence-corrected chi connectivity index (χ1v) is 21.4. The average Bonchev–Trinajstić information content (AvgIpc) is 3.09. The van der Waals surface area contributed by atoms with Crippen LogP contribution in [0.2, 0.25) is 0 Å². The molecule has 0 aromatic heterocycles. The van der Waals surface area contributed by atoms with Gasteiger partial charge in [-0.3, -0.25) is 9.59 Å². The minimum absolute atomic E-state index is 0.0474. The van der Waals surface area contributed by atoms with Crippen LogP contribution in [-0.2, 0) is 28.6 Å². The van der Waals surface area contributed by atoms with Crippen molar-refractivity contribution in [2.75, 3.05) is 41.0 Å². The molecule has 304 valence electrons. The van der Waals surface area contributed by atoms with Crippen LogP contribution in [0.4, 0.5) is 0 Å². The van der Waals surface area contributed by atoms with Crippen molar-refractivity contribution in [2.24, 2.45) is 0 Å². The summed E-state index contributed by atoms with van der Waals surface area (Å²) in [7, 11) is 5.52. The molecule has 0 spiro atoms. The van der Waals surface area contributed by atoms with Gasteiger partial charge in [-0.1, -0.05) is 154 Å². The first-order valence-electron chi connectivity index (χ1n) is 21.4. The number of rotatable bonds is 38. The van der Waals surface area contributed by atoms with Gasteiger partial charge in [-0.15, -0.1) is 0 Å². The maximum atomic E-state index is 12.7. The first-order chi connectivity index (χ1) is 25.1. The summed E-state index contributed by atoms with van der Waals surface area (Å²) in [4.78, 5) is 36.7. The van der Waals surface area contributed by atoms with Gasteiger partial charge in [-0.05, 0) is 38.5 Å². The van der Waals surface area contributed by atoms with E-state index >= 15 is 0 Å². The first kappa shape index (κ1) is 49.8. The van der Waals surface area contributed by atoms with Gasteiger partial charge in [0, 0.05) is 19.3 Å². The average molecular weight is 737 g/mol. The molecule has 0 radical (unpaired) electrons. The number of likely N-dealkylation sites (N-methyl/N-ethyl adjacent to an activating group) is 1. The number of hydrogen-bond donors (Lipinski definition) is 1. The molecule has 8 nitrogen and oxygen atoms in total. The SMILES string of the molecule is CC/C=C/C/C=C/CCCCCCCCCCCCCCCCC(=O)OC(COCCC(C(=O)O)[N+](C)(C)C)COC(=O)CCCCCCCCC. The summed E-state index contributed by atoms with van der Waals surface area (Å²) in [6.07, 6.45) is 38.1. The number of carboxylic acid groups (broad SMARTS) is 1. The lowest BCUT2D eigenvalue weighted by atomic mass is 10.0. The third-order valence-corrected chi connectivity index (χ3v) is 9.62. The second kappa shape index (κ2) is 35.8. The van der Waals surface area contributed by atoms with E-state index < -0.39 is 18.1 Å². The van der Waals surface area contributed by atoms with E-state index in [-0.39, 0.29) is 36.2 Å². The number of carboxylic acids is 1. The molecule has 0 saturated heterocycles. The molecule has 2 atom stereocenters. The fourth-order valence-electron chi connectivity index (χ4n) is 6.31. The summed E-state index contributed by atoms with van der Waals surface area (Å²) in [6.45, 7) is 4.60. The lowest BCUT2D eigenvalue weighted by molar-refractivity contribution is -0.887. The van der Waals surface area contributed by atoms with E-state index in [1.165, 1.54) is 103 Å². The summed E-state index contributed by atoms with van der Waals surface area (Å²) in [5.41, 5.74) is 0. The number of hydrogen-bond acceptors (Lipinski definition) is 6. The van der Waals surface area contributed by atoms with Gasteiger partial charge >= 0.3 is 17.9 Å². The predicted molar refractivity (Wildman–Crippen MR) is 215 cm³/mol. The predicted octanol–water partition coefficient (Wildman–Crippen LogP) is 11.3. The van der Waals surface area contributed by atoms with Gasteiger partial charge < -0.3 is 23.8 Å². The summed E-state index contributed by atoms with van der Waals surface area (Å²) in [5, 5.41) is 9.58. The highest BCUT2D eigenvalue weighted by atomic mass is 16.6. The van der Waals surface area contributed by atoms with E-state index in [2.05, 4.69) is 38.2 Å². The normalized spacial score (nSPS) is 13.2. The van der Waals surface area contributed by atoms with Crippen LogP contribution in [0, 0.1) is 0 Å². The second-order valence-electron chi connectivity index (χ2n) is 15.6. The highest BCUT2D eigenvalue weighted by molar-refractivity contribution is 5.72. The Hall–Kier alpha value is -2.19. The monoisotopic (exact) mass is 737 g/mol. The van der Waals surface area contributed by atoms with Crippen molar-refractivity contribution in [1.29, 1.82) is 0 Å². The quantitative estimate of drug-likeness (QED) is 0.0291. The van der Waals surface area contributed by atoms with Crippen LogP contribution in [0.3, 0.4) is 0 Å². The highest BCUT2D eigenvalue weighted by Crippen LogP contribution is 2.15. The van der Waals surface area contributed by atoms with Crippen molar-refractivity contribution >= 4 is 17.9 Å². The molecule has 0 bridgehead atoms. The van der Waals surface area contributed by atoms with Gasteiger partial charge in [0.1, 0.15) is 6.61 Å². The number of esters is 2. The summed E-state index contributed by atoms with van der Waals surface area (Å²) < 4.78 is 17.2. The van der Waals surface area contributed by atoms with Gasteiger partial charge in [-0.25, -0.2) is 4.79 Å². The lowest BCUT2D eigenvalue weighted by Gasteiger charge is -2.31. The maximum absolute atomic E-state index is 12.7. The van der Waals surface area contributed by atoms with Crippen LogP contribution in [0.15, 0.2) is 24.3 Å². The minimum atomic E-state index is -0.874. The number of aliphatic carboxylic acids is 1. The number of ether oxygens (including phenoxy) is 3. The molecule has 0 aromatic carbocycles. The molecule has 0 saturated carbocycles. The van der Waals surface area contributed by atoms with Crippen molar-refractivity contribution in [3.63, 3.8) is 0 Å². The Bertz CT molecular complexity index is 911. The molecule has 8 heteroatoms. The molecule has 0 aliphatic heterocycles. The van der Waals surface area contributed by atoms with Gasteiger partial charge in [-0.2, -0.15) is 0 Å². The van der Waals surface area contributed by atoms with Gasteiger partial charge in [0.05, 0.1) is 34.4 Å². The second-order valence-corrected chi connectivity index (χ2v) is 15.6. The topological polar surface area (TPSA) is 99.1 Å². The summed E-state index contributed by atoms with van der Waals surface area (Å²) in [6, 6.07) is -0.609. The Morgan fingerprint density at radius 3 is 1.58 bits per heavy atom. The standard InChI is InChI=1S/C44H81NO7/c1-6-8-10-12-14-15-16-17-18-19-20-21-22-23-24-25-26-27-29-31-33-35-43(47)52-40(38-50-37-36-41(44(48)49)45(3,4)5)39-51-42(46)34-32-30-28-13-11-9-7-2/h8,10,14-15,40-41H,6-7,9,11-13,16-39H2,1-5H3/p+1/b10-8+,15-14+. The molecule has 2 unspecified atom stereocenters. The van der Waals surface area contributed by atoms with Crippen molar-refractivity contribution < 1.29 is 38.2 Å². The van der Waals surface area contributed by atoms with Gasteiger partial charge in [0.25, 0.3) is 0 Å². The number of carbonyl (C=O) groups excluding carboxylic acids is 2. The third-order valence-electron chi connectivity index (χ3n) is 9.62. The van der Waals surface area contributed by atoms with Crippen LogP contribution in [0.1, 0.15) is 187 Å². The molecule has 0 aliphatic carbocycles. The number of quaternary nitrogens is 1. The number of allylic oxidation sites excluding steroid dienone is 4. The lowest BCUT2D eigenvalue weighted by Crippen LogP contribution is -2.50. The maximum Gasteiger partial charge on any atom is 0.362 e. The van der Waals surface area contributed by atoms with E-state index in [0.29, 0.717) is 19.3 Å². The van der Waals surface area contributed by atoms with Crippen LogP contribution >= 0.6 is 0 Å². The number of carbonyl (C=O) groups is 3. The van der Waals surface area contributed by atoms with Crippen LogP contribution in [0.5, 0.6) is 0 Å². The Kier molecular flexibility index (Phi) is 34.3. The molecule has 0 heterocycles. The molecule has 0 fully saturated rings. The summed E-state index contributed by atoms with van der Waals surface area (Å²) in [5.74, 6) is -1.47. The van der Waals surface area contributed by atoms with Crippen LogP contribution in [-0.4, -0.2) is 80.6 Å². The number of nitrogens with zero attached hydrogens (tertiary/aromatic N) is 1. The molecule has 0 amide bonds. The van der Waals surface area contributed by atoms with Crippen LogP contribution in [0.25, 0.3) is 0 Å². The third kappa shape index (κ3) is 33.6. The number of unbranched alkanes of at least 4 members (excludes halogenated alkanes) is 20. The van der Waals surface area contributed by atoms with Crippen molar-refractivity contribution in [3.8, 4) is 0 Å². The van der Waals surface area contributed by atoms with E-state index in [0.717, 1.165) is 51.4 Å². The molecular formula is C44H82NO7+. The Labute approximate surface area is 320 Å². The zero-order chi connectivity index (χ0) is 38.5. The molecule has 0 aliphatic rings. The van der Waals surface area contributed by atoms with E-state index in [1.54, 1.807) is 0 Å². The molecular weight excluding hydrogens is 654 g/mol.